The molecule has 0 aromatic carbocycles. The molecule has 2 N–H and O–H groups in total. The molecule has 0 saturated carbocycles. The van der Waals surface area contributed by atoms with Gasteiger partial charge >= 0.3 is 0 Å². The van der Waals surface area contributed by atoms with E-state index in [0.29, 0.717) is 0 Å². The molecule has 2 atom stereocenters. The fourth-order valence-electron chi connectivity index (χ4n) is 0.891. The van der Waals surface area contributed by atoms with E-state index in [1.54, 1.807) is 30.6 Å². The lowest BCUT2D eigenvalue weighted by atomic mass is 10.2. The Morgan fingerprint density at radius 1 is 1.58 bits per heavy atom. The largest absolute Gasteiger partial charge is 0.341 e. The van der Waals surface area contributed by atoms with Crippen LogP contribution in [0, 0.1) is 0 Å². The number of nitrogens with zero attached hydrogens (tertiary/aromatic N) is 1. The first-order valence-electron chi connectivity index (χ1n) is 4.02. The zero-order chi connectivity index (χ0) is 9.72. The van der Waals surface area contributed by atoms with Crippen LogP contribution in [0.25, 0.3) is 0 Å². The highest BCUT2D eigenvalue weighted by Gasteiger charge is 2.17. The Kier molecular flexibility index (Phi) is 5.33. The van der Waals surface area contributed by atoms with E-state index in [-0.39, 0.29) is 18.0 Å². The number of rotatable bonds is 4. The predicted molar refractivity (Wildman–Crippen MR) is 54.3 cm³/mol. The highest BCUT2D eigenvalue weighted by Crippen LogP contribution is 2.04. The number of hydrogen-bond donors (Lipinski definition) is 1. The third-order valence-electron chi connectivity index (χ3n) is 1.81. The lowest BCUT2D eigenvalue weighted by molar-refractivity contribution is -0.132. The molecule has 72 valence electrons. The summed E-state index contributed by atoms with van der Waals surface area (Å²) in [6.07, 6.45) is 2.03. The summed E-state index contributed by atoms with van der Waals surface area (Å²) in [5.74, 6) is 0.964. The van der Waals surface area contributed by atoms with Gasteiger partial charge in [-0.1, -0.05) is 0 Å². The van der Waals surface area contributed by atoms with Crippen LogP contribution < -0.4 is 5.73 Å². The monoisotopic (exact) mass is 190 g/mol. The molecule has 4 heteroatoms. The molecule has 12 heavy (non-hydrogen) atoms. The molecule has 0 aliphatic heterocycles. The van der Waals surface area contributed by atoms with Gasteiger partial charge in [0.2, 0.25) is 5.91 Å². The van der Waals surface area contributed by atoms with Gasteiger partial charge in [-0.15, -0.1) is 0 Å². The Balaban J connectivity index is 4.00. The number of carbonyl (C=O) groups excluding carboxylic acids is 1. The first-order chi connectivity index (χ1) is 5.50. The fourth-order valence-corrected chi connectivity index (χ4v) is 1.60. The molecule has 0 aliphatic rings. The minimum Gasteiger partial charge on any atom is -0.341 e. The number of hydrogen-bond acceptors (Lipinski definition) is 3. The van der Waals surface area contributed by atoms with Crippen molar-refractivity contribution in [3.8, 4) is 0 Å². The average molecular weight is 190 g/mol. The Hall–Kier alpha value is -0.220. The van der Waals surface area contributed by atoms with E-state index >= 15 is 0 Å². The zero-order valence-corrected chi connectivity index (χ0v) is 9.02. The molecule has 0 aromatic heterocycles. The molecule has 3 nitrogen and oxygen atoms in total. The summed E-state index contributed by atoms with van der Waals surface area (Å²) in [7, 11) is 1.80. The highest BCUT2D eigenvalue weighted by atomic mass is 32.2. The van der Waals surface area contributed by atoms with Crippen LogP contribution in [0.15, 0.2) is 0 Å². The predicted octanol–water partition coefficient (Wildman–Crippen LogP) is 0.543. The molecule has 0 rings (SSSR count). The van der Waals surface area contributed by atoms with Crippen LogP contribution in [0.5, 0.6) is 0 Å². The van der Waals surface area contributed by atoms with E-state index in [1.165, 1.54) is 0 Å². The summed E-state index contributed by atoms with van der Waals surface area (Å²) >= 11 is 1.73. The van der Waals surface area contributed by atoms with Crippen LogP contribution in [0.4, 0.5) is 0 Å². The van der Waals surface area contributed by atoms with Crippen molar-refractivity contribution in [3.63, 3.8) is 0 Å². The number of thioether (sulfide) groups is 1. The first-order valence-corrected chi connectivity index (χ1v) is 5.41. The molecular weight excluding hydrogens is 172 g/mol. The summed E-state index contributed by atoms with van der Waals surface area (Å²) < 4.78 is 0. The summed E-state index contributed by atoms with van der Waals surface area (Å²) in [6.45, 7) is 3.74. The van der Waals surface area contributed by atoms with Gasteiger partial charge in [0.15, 0.2) is 0 Å². The molecule has 0 saturated heterocycles. The van der Waals surface area contributed by atoms with Crippen LogP contribution in [-0.4, -0.2) is 41.9 Å². The number of carbonyl (C=O) groups is 1. The molecule has 0 radical (unpaired) electrons. The number of nitrogens with two attached hydrogens (primary N) is 1. The third-order valence-corrected chi connectivity index (χ3v) is 2.62. The van der Waals surface area contributed by atoms with Gasteiger partial charge in [-0.2, -0.15) is 11.8 Å². The van der Waals surface area contributed by atoms with Gasteiger partial charge in [-0.25, -0.2) is 0 Å². The van der Waals surface area contributed by atoms with E-state index in [2.05, 4.69) is 0 Å². The second-order valence-corrected chi connectivity index (χ2v) is 3.95. The van der Waals surface area contributed by atoms with Crippen LogP contribution in [0.1, 0.15) is 13.8 Å². The van der Waals surface area contributed by atoms with Crippen molar-refractivity contribution in [2.75, 3.05) is 19.1 Å². The smallest absolute Gasteiger partial charge is 0.239 e. The lowest BCUT2D eigenvalue weighted by Gasteiger charge is -2.25. The Morgan fingerprint density at radius 3 is 2.42 bits per heavy atom. The topological polar surface area (TPSA) is 46.3 Å². The van der Waals surface area contributed by atoms with Crippen molar-refractivity contribution in [2.24, 2.45) is 5.73 Å². The van der Waals surface area contributed by atoms with E-state index in [9.17, 15) is 4.79 Å². The molecule has 0 heterocycles. The van der Waals surface area contributed by atoms with Crippen molar-refractivity contribution in [3.05, 3.63) is 0 Å². The summed E-state index contributed by atoms with van der Waals surface area (Å²) in [6, 6.07) is -0.127. The van der Waals surface area contributed by atoms with Crippen molar-refractivity contribution in [1.29, 1.82) is 0 Å². The van der Waals surface area contributed by atoms with Crippen LogP contribution in [0.3, 0.4) is 0 Å². The minimum atomic E-state index is -0.390. The van der Waals surface area contributed by atoms with Crippen molar-refractivity contribution >= 4 is 17.7 Å². The van der Waals surface area contributed by atoms with Gasteiger partial charge in [-0.3, -0.25) is 4.79 Å². The van der Waals surface area contributed by atoms with Gasteiger partial charge in [-0.05, 0) is 20.1 Å². The third kappa shape index (κ3) is 3.45. The minimum absolute atomic E-state index is 0.0107. The molecule has 0 spiro atoms. The standard InChI is InChI=1S/C8H18N2OS/c1-6(5-12-4)10(3)8(11)7(2)9/h6-7H,5,9H2,1-4H3/t6?,7-/m1/s1. The maximum absolute atomic E-state index is 11.4. The lowest BCUT2D eigenvalue weighted by Crippen LogP contribution is -2.44. The van der Waals surface area contributed by atoms with Gasteiger partial charge in [0.1, 0.15) is 0 Å². The average Bonchev–Trinajstić information content (AvgIpc) is 2.02. The van der Waals surface area contributed by atoms with Gasteiger partial charge in [0.25, 0.3) is 0 Å². The maximum atomic E-state index is 11.4. The first kappa shape index (κ1) is 11.8. The molecule has 1 amide bonds. The zero-order valence-electron chi connectivity index (χ0n) is 8.20. The number of likely N-dealkylation sites (N-methyl/N-ethyl adjacent to an activating group) is 1. The van der Waals surface area contributed by atoms with Gasteiger partial charge < -0.3 is 10.6 Å². The van der Waals surface area contributed by atoms with Crippen molar-refractivity contribution in [1.82, 2.24) is 4.90 Å². The number of amides is 1. The summed E-state index contributed by atoms with van der Waals surface area (Å²) in [5, 5.41) is 0. The molecule has 0 aromatic rings. The van der Waals surface area contributed by atoms with Gasteiger partial charge in [0.05, 0.1) is 6.04 Å². The van der Waals surface area contributed by atoms with Crippen LogP contribution in [-0.2, 0) is 4.79 Å². The second kappa shape index (κ2) is 5.43. The fraction of sp³-hybridized carbons (Fsp3) is 0.875. The van der Waals surface area contributed by atoms with Gasteiger partial charge in [0, 0.05) is 18.8 Å². The Morgan fingerprint density at radius 2 is 2.08 bits per heavy atom. The van der Waals surface area contributed by atoms with Crippen LogP contribution >= 0.6 is 11.8 Å². The molecule has 0 fully saturated rings. The molecule has 1 unspecified atom stereocenters. The Bertz CT molecular complexity index is 150. The SMILES string of the molecule is CSCC(C)N(C)C(=O)[C@@H](C)N. The van der Waals surface area contributed by atoms with Crippen LogP contribution in [0.2, 0.25) is 0 Å². The Labute approximate surface area is 78.7 Å². The normalized spacial score (nSPS) is 15.4. The molecule has 0 bridgehead atoms. The molecule has 0 aliphatic carbocycles. The quantitative estimate of drug-likeness (QED) is 0.704. The van der Waals surface area contributed by atoms with E-state index in [4.69, 9.17) is 5.73 Å². The van der Waals surface area contributed by atoms with Crippen molar-refractivity contribution in [2.45, 2.75) is 25.9 Å². The van der Waals surface area contributed by atoms with E-state index in [0.717, 1.165) is 5.75 Å². The maximum Gasteiger partial charge on any atom is 0.239 e. The van der Waals surface area contributed by atoms with E-state index < -0.39 is 0 Å². The second-order valence-electron chi connectivity index (χ2n) is 3.04. The summed E-state index contributed by atoms with van der Waals surface area (Å²) in [5.41, 5.74) is 5.47. The van der Waals surface area contributed by atoms with Crippen molar-refractivity contribution < 1.29 is 4.79 Å². The summed E-state index contributed by atoms with van der Waals surface area (Å²) in [4.78, 5) is 13.1. The molecular formula is C8H18N2OS. The highest BCUT2D eigenvalue weighted by molar-refractivity contribution is 7.98. The van der Waals surface area contributed by atoms with E-state index in [1.807, 2.05) is 13.2 Å².